The predicted octanol–water partition coefficient (Wildman–Crippen LogP) is -1.92. The molecule has 1 N–H and O–H groups in total. The van der Waals surface area contributed by atoms with E-state index in [4.69, 9.17) is 4.74 Å². The number of ether oxygens (including phenoxy) is 1. The Hall–Kier alpha value is -1.54. The van der Waals surface area contributed by atoms with Gasteiger partial charge in [-0.1, -0.05) is 49.0 Å². The van der Waals surface area contributed by atoms with Crippen molar-refractivity contribution in [3.8, 4) is 0 Å². The summed E-state index contributed by atoms with van der Waals surface area (Å²) >= 11 is 0. The van der Waals surface area contributed by atoms with Gasteiger partial charge in [0.05, 0.1) is 6.61 Å². The van der Waals surface area contributed by atoms with Crippen molar-refractivity contribution in [2.45, 2.75) is 26.7 Å². The summed E-state index contributed by atoms with van der Waals surface area (Å²) in [6, 6.07) is 9.66. The minimum absolute atomic E-state index is 0. The molecule has 0 saturated carbocycles. The van der Waals surface area contributed by atoms with Crippen molar-refractivity contribution in [1.82, 2.24) is 9.55 Å². The van der Waals surface area contributed by atoms with Crippen LogP contribution in [0.2, 0.25) is 0 Å². The molecule has 0 spiro atoms. The fourth-order valence-corrected chi connectivity index (χ4v) is 1.66. The number of hydrogen-bond donors (Lipinski definition) is 1. The number of aryl methyl sites for hydroxylation is 1. The number of hydrogen-bond acceptors (Lipinski definition) is 3. The van der Waals surface area contributed by atoms with Gasteiger partial charge in [0.2, 0.25) is 5.69 Å². The average Bonchev–Trinajstić information content (AvgIpc) is 2.42. The SMILES string of the molecule is CCc1[c-]n(COCc2ccccc2)c(=O)[nH]c1=O.[Li+]. The zero-order valence-electron chi connectivity index (χ0n) is 11.7. The topological polar surface area (TPSA) is 64.1 Å². The zero-order chi connectivity index (χ0) is 13.7. The maximum Gasteiger partial charge on any atom is 1.00 e. The maximum atomic E-state index is 11.5. The first-order valence-electron chi connectivity index (χ1n) is 6.07. The molecule has 1 aromatic carbocycles. The summed E-state index contributed by atoms with van der Waals surface area (Å²) in [4.78, 5) is 25.2. The summed E-state index contributed by atoms with van der Waals surface area (Å²) in [5, 5.41) is 0. The van der Waals surface area contributed by atoms with E-state index in [1.165, 1.54) is 4.57 Å². The van der Waals surface area contributed by atoms with Gasteiger partial charge in [0.15, 0.2) is 0 Å². The standard InChI is InChI=1S/C14H15N2O3.Li/c1-2-12-8-16(14(18)15-13(12)17)10-19-9-11-6-4-3-5-7-11;/h3-7H,2,9-10H2,1H3,(H,15,17,18);/q-1;+1. The Morgan fingerprint density at radius 3 is 2.60 bits per heavy atom. The van der Waals surface area contributed by atoms with Crippen molar-refractivity contribution in [1.29, 1.82) is 0 Å². The van der Waals surface area contributed by atoms with Gasteiger partial charge in [-0.3, -0.25) is 0 Å². The van der Waals surface area contributed by atoms with Crippen LogP contribution in [-0.4, -0.2) is 9.55 Å². The van der Waals surface area contributed by atoms with Crippen LogP contribution in [0.1, 0.15) is 18.1 Å². The summed E-state index contributed by atoms with van der Waals surface area (Å²) in [6.07, 6.45) is 3.27. The summed E-state index contributed by atoms with van der Waals surface area (Å²) < 4.78 is 6.67. The van der Waals surface area contributed by atoms with Crippen LogP contribution in [0.25, 0.3) is 0 Å². The monoisotopic (exact) mass is 266 g/mol. The Bertz CT molecular complexity index is 649. The number of nitrogens with one attached hydrogen (secondary N) is 1. The van der Waals surface area contributed by atoms with Crippen LogP contribution < -0.4 is 30.1 Å². The van der Waals surface area contributed by atoms with E-state index in [-0.39, 0.29) is 31.2 Å². The molecule has 1 heterocycles. The zero-order valence-corrected chi connectivity index (χ0v) is 11.7. The fraction of sp³-hybridized carbons (Fsp3) is 0.286. The van der Waals surface area contributed by atoms with E-state index in [2.05, 4.69) is 11.2 Å². The molecule has 0 unspecified atom stereocenters. The number of nitrogens with zero attached hydrogens (tertiary/aromatic N) is 1. The van der Waals surface area contributed by atoms with Gasteiger partial charge in [0, 0.05) is 0 Å². The first-order chi connectivity index (χ1) is 9.20. The molecule has 0 aliphatic heterocycles. The summed E-state index contributed by atoms with van der Waals surface area (Å²) in [6.45, 7) is 2.31. The van der Waals surface area contributed by atoms with Gasteiger partial charge in [-0.05, 0) is 12.0 Å². The Balaban J connectivity index is 0.00000200. The van der Waals surface area contributed by atoms with Gasteiger partial charge >= 0.3 is 18.9 Å². The Morgan fingerprint density at radius 1 is 1.25 bits per heavy atom. The van der Waals surface area contributed by atoms with Crippen LogP contribution in [-0.2, 0) is 24.5 Å². The van der Waals surface area contributed by atoms with E-state index in [0.717, 1.165) is 5.56 Å². The van der Waals surface area contributed by atoms with Gasteiger partial charge in [-0.15, -0.1) is 0 Å². The van der Waals surface area contributed by atoms with Crippen LogP contribution in [0.4, 0.5) is 0 Å². The molecule has 2 rings (SSSR count). The van der Waals surface area contributed by atoms with Crippen LogP contribution in [0, 0.1) is 6.20 Å². The molecule has 0 radical (unpaired) electrons. The molecule has 6 heteroatoms. The van der Waals surface area contributed by atoms with Crippen molar-refractivity contribution in [2.75, 3.05) is 0 Å². The molecule has 0 aliphatic carbocycles. The fourth-order valence-electron chi connectivity index (χ4n) is 1.66. The van der Waals surface area contributed by atoms with Crippen LogP contribution in [0.3, 0.4) is 0 Å². The Labute approximate surface area is 128 Å². The second kappa shape index (κ2) is 7.90. The second-order valence-electron chi connectivity index (χ2n) is 4.09. The van der Waals surface area contributed by atoms with Crippen molar-refractivity contribution < 1.29 is 23.6 Å². The molecule has 0 amide bonds. The van der Waals surface area contributed by atoms with E-state index in [0.29, 0.717) is 18.6 Å². The maximum absolute atomic E-state index is 11.5. The molecule has 5 nitrogen and oxygen atoms in total. The molecule has 0 bridgehead atoms. The molecule has 0 aliphatic rings. The number of aromatic nitrogens is 2. The smallest absolute Gasteiger partial charge is 0.388 e. The van der Waals surface area contributed by atoms with Gasteiger partial charge in [-0.2, -0.15) is 0 Å². The van der Waals surface area contributed by atoms with Crippen LogP contribution in [0.5, 0.6) is 0 Å². The largest absolute Gasteiger partial charge is 1.00 e. The second-order valence-corrected chi connectivity index (χ2v) is 4.09. The molecule has 1 aromatic heterocycles. The number of aromatic amines is 1. The van der Waals surface area contributed by atoms with E-state index >= 15 is 0 Å². The van der Waals surface area contributed by atoms with E-state index in [1.54, 1.807) is 0 Å². The van der Waals surface area contributed by atoms with Crippen molar-refractivity contribution in [3.05, 3.63) is 68.5 Å². The summed E-state index contributed by atoms with van der Waals surface area (Å²) in [5.41, 5.74) is 0.584. The Morgan fingerprint density at radius 2 is 1.95 bits per heavy atom. The third kappa shape index (κ3) is 4.24. The Kier molecular flexibility index (Phi) is 6.53. The van der Waals surface area contributed by atoms with Gasteiger partial charge < -0.3 is 23.9 Å². The van der Waals surface area contributed by atoms with Crippen LogP contribution >= 0.6 is 0 Å². The molecule has 20 heavy (non-hydrogen) atoms. The normalized spacial score (nSPS) is 10.1. The molecule has 0 saturated heterocycles. The first kappa shape index (κ1) is 16.5. The van der Waals surface area contributed by atoms with Crippen molar-refractivity contribution in [3.63, 3.8) is 0 Å². The quantitative estimate of drug-likeness (QED) is 0.507. The van der Waals surface area contributed by atoms with Gasteiger partial charge in [0.1, 0.15) is 12.3 Å². The number of benzene rings is 1. The van der Waals surface area contributed by atoms with E-state index in [9.17, 15) is 9.59 Å². The molecule has 2 aromatic rings. The summed E-state index contributed by atoms with van der Waals surface area (Å²) in [5.74, 6) is 0. The van der Waals surface area contributed by atoms with E-state index in [1.807, 2.05) is 37.3 Å². The van der Waals surface area contributed by atoms with E-state index < -0.39 is 5.69 Å². The third-order valence-electron chi connectivity index (χ3n) is 2.70. The molecular formula is C14H15LiN2O3. The van der Waals surface area contributed by atoms with Crippen molar-refractivity contribution >= 4 is 0 Å². The third-order valence-corrected chi connectivity index (χ3v) is 2.70. The summed E-state index contributed by atoms with van der Waals surface area (Å²) in [7, 11) is 0. The average molecular weight is 266 g/mol. The van der Waals surface area contributed by atoms with Gasteiger partial charge in [0.25, 0.3) is 0 Å². The van der Waals surface area contributed by atoms with Gasteiger partial charge in [-0.25, -0.2) is 0 Å². The molecule has 100 valence electrons. The number of rotatable bonds is 5. The first-order valence-corrected chi connectivity index (χ1v) is 6.07. The molecule has 0 fully saturated rings. The minimum atomic E-state index is -0.504. The molecular weight excluding hydrogens is 251 g/mol. The minimum Gasteiger partial charge on any atom is -0.388 e. The predicted molar refractivity (Wildman–Crippen MR) is 70.8 cm³/mol. The van der Waals surface area contributed by atoms with Crippen LogP contribution in [0.15, 0.2) is 39.9 Å². The number of H-pyrrole nitrogens is 1. The van der Waals surface area contributed by atoms with Crippen molar-refractivity contribution in [2.24, 2.45) is 0 Å². The molecule has 0 atom stereocenters.